The molecule has 11 heteroatoms. The summed E-state index contributed by atoms with van der Waals surface area (Å²) in [5.74, 6) is 5.30. The molecule has 4 N–H and O–H groups in total. The van der Waals surface area contributed by atoms with E-state index in [0.29, 0.717) is 41.0 Å². The molecule has 1 unspecified atom stereocenters. The van der Waals surface area contributed by atoms with Crippen molar-refractivity contribution in [1.29, 1.82) is 0 Å². The monoisotopic (exact) mass is 562 g/mol. The van der Waals surface area contributed by atoms with Gasteiger partial charge in [-0.1, -0.05) is 24.0 Å². The minimum absolute atomic E-state index is 0.123. The Morgan fingerprint density at radius 2 is 1.80 bits per heavy atom. The Labute approximate surface area is 233 Å². The zero-order valence-corrected chi connectivity index (χ0v) is 23.2. The van der Waals surface area contributed by atoms with E-state index in [9.17, 15) is 18.6 Å². The van der Waals surface area contributed by atoms with E-state index in [1.807, 2.05) is 0 Å². The van der Waals surface area contributed by atoms with E-state index in [2.05, 4.69) is 31.6 Å². The summed E-state index contributed by atoms with van der Waals surface area (Å²) < 4.78 is 25.0. The van der Waals surface area contributed by atoms with Gasteiger partial charge in [0.25, 0.3) is 11.8 Å². The van der Waals surface area contributed by atoms with Gasteiger partial charge in [-0.15, -0.1) is 0 Å². The molecule has 0 aliphatic rings. The number of nitrogens with zero attached hydrogens (tertiary/aromatic N) is 1. The first kappa shape index (κ1) is 29.7. The van der Waals surface area contributed by atoms with Gasteiger partial charge >= 0.3 is 5.97 Å². The number of ether oxygens (including phenoxy) is 2. The predicted octanol–water partition coefficient (Wildman–Crippen LogP) is 3.03. The average Bonchev–Trinajstić information content (AvgIpc) is 2.94. The van der Waals surface area contributed by atoms with E-state index in [0.717, 1.165) is 0 Å². The highest BCUT2D eigenvalue weighted by atomic mass is 32.2. The number of nitrogens with one attached hydrogen (secondary N) is 2. The van der Waals surface area contributed by atoms with Crippen LogP contribution in [0.3, 0.4) is 0 Å². The highest BCUT2D eigenvalue weighted by Gasteiger charge is 2.12. The molecule has 3 aromatic rings. The molecule has 2 aromatic carbocycles. The largest absolute Gasteiger partial charge is 0.497 e. The van der Waals surface area contributed by atoms with Crippen molar-refractivity contribution in [2.75, 3.05) is 31.5 Å². The van der Waals surface area contributed by atoms with E-state index >= 15 is 0 Å². The zero-order valence-electron chi connectivity index (χ0n) is 22.4. The van der Waals surface area contributed by atoms with Crippen LogP contribution in [0.2, 0.25) is 0 Å². The topological polar surface area (TPSA) is 150 Å². The number of hydrogen-bond donors (Lipinski definition) is 3. The normalized spacial score (nSPS) is 11.7. The summed E-state index contributed by atoms with van der Waals surface area (Å²) in [5.41, 5.74) is 7.99. The third-order valence-electron chi connectivity index (χ3n) is 5.52. The molecular weight excluding hydrogens is 532 g/mol. The van der Waals surface area contributed by atoms with Crippen molar-refractivity contribution in [3.05, 3.63) is 83.0 Å². The quantitative estimate of drug-likeness (QED) is 0.156. The molecule has 0 spiro atoms. The summed E-state index contributed by atoms with van der Waals surface area (Å²) in [6.45, 7) is 0. The number of hydrogen-bond acceptors (Lipinski definition) is 8. The Morgan fingerprint density at radius 1 is 1.02 bits per heavy atom. The fourth-order valence-corrected chi connectivity index (χ4v) is 4.61. The Kier molecular flexibility index (Phi) is 10.3. The lowest BCUT2D eigenvalue weighted by molar-refractivity contribution is -0.140. The van der Waals surface area contributed by atoms with Gasteiger partial charge in [0.1, 0.15) is 11.6 Å². The third kappa shape index (κ3) is 8.89. The lowest BCUT2D eigenvalue weighted by Crippen LogP contribution is -2.31. The minimum Gasteiger partial charge on any atom is -0.497 e. The van der Waals surface area contributed by atoms with Crippen molar-refractivity contribution in [2.24, 2.45) is 0 Å². The maximum Gasteiger partial charge on any atom is 0.305 e. The first-order valence-corrected chi connectivity index (χ1v) is 14.2. The molecule has 2 amide bonds. The number of nitrogens with two attached hydrogens (primary N) is 1. The van der Waals surface area contributed by atoms with Gasteiger partial charge in [-0.3, -0.25) is 19.1 Å². The van der Waals surface area contributed by atoms with Crippen LogP contribution >= 0.6 is 0 Å². The first-order chi connectivity index (χ1) is 19.1. The summed E-state index contributed by atoms with van der Waals surface area (Å²) in [4.78, 5) is 40.6. The van der Waals surface area contributed by atoms with Gasteiger partial charge in [0.2, 0.25) is 0 Å². The van der Waals surface area contributed by atoms with Crippen molar-refractivity contribution in [1.82, 2.24) is 9.71 Å². The summed E-state index contributed by atoms with van der Waals surface area (Å²) >= 11 is 0. The van der Waals surface area contributed by atoms with Crippen molar-refractivity contribution in [3.8, 4) is 17.6 Å². The van der Waals surface area contributed by atoms with Crippen LogP contribution in [0.25, 0.3) is 0 Å². The molecule has 208 valence electrons. The first-order valence-electron chi connectivity index (χ1n) is 12.1. The number of rotatable bonds is 9. The maximum absolute atomic E-state index is 12.8. The summed E-state index contributed by atoms with van der Waals surface area (Å²) in [5, 5.41) is 4.30. The van der Waals surface area contributed by atoms with Gasteiger partial charge < -0.3 is 20.5 Å². The number of unbranched alkanes of at least 4 members (excludes halogenated alkanes) is 1. The zero-order chi connectivity index (χ0) is 29.1. The molecule has 1 aromatic heterocycles. The van der Waals surface area contributed by atoms with Crippen LogP contribution < -0.4 is 20.5 Å². The molecule has 3 rings (SSSR count). The SMILES string of the molecule is COC(=O)CCCC=S(C)(=O)NC(=O)c1cnc(N)c(C#Cc2cccc(NC(=O)c3cccc(OC)c3)c2)c1. The van der Waals surface area contributed by atoms with E-state index in [-0.39, 0.29) is 29.7 Å². The Balaban J connectivity index is 1.71. The van der Waals surface area contributed by atoms with E-state index in [1.54, 1.807) is 48.5 Å². The Morgan fingerprint density at radius 3 is 2.55 bits per heavy atom. The van der Waals surface area contributed by atoms with Crippen molar-refractivity contribution in [2.45, 2.75) is 19.3 Å². The third-order valence-corrected chi connectivity index (χ3v) is 6.98. The predicted molar refractivity (Wildman–Crippen MR) is 155 cm³/mol. The molecular formula is C29H30N4O6S. The lowest BCUT2D eigenvalue weighted by atomic mass is 10.1. The number of aromatic nitrogens is 1. The molecule has 0 aliphatic heterocycles. The standard InChI is InChI=1S/C29H30N4O6S/c1-38-25-11-7-9-22(18-25)28(35)32-24-10-6-8-20(16-24)13-14-21-17-23(19-31-27(21)30)29(36)33-40(3,37)15-5-4-12-26(34)39-2/h6-11,15-19H,4-5,12H2,1-3H3,(H2,30,31)(H,32,35)(H,33,36,37). The lowest BCUT2D eigenvalue weighted by Gasteiger charge is -2.09. The number of benzene rings is 2. The molecule has 1 atom stereocenters. The van der Waals surface area contributed by atoms with Gasteiger partial charge in [-0.2, -0.15) is 0 Å². The van der Waals surface area contributed by atoms with Gasteiger partial charge in [-0.05, 0) is 60.7 Å². The highest BCUT2D eigenvalue weighted by Crippen LogP contribution is 2.16. The number of carbonyl (C=O) groups is 3. The molecule has 1 heterocycles. The minimum atomic E-state index is -2.81. The Hall–Kier alpha value is -4.82. The summed E-state index contributed by atoms with van der Waals surface area (Å²) in [6, 6.07) is 15.2. The number of anilines is 2. The van der Waals surface area contributed by atoms with Crippen LogP contribution in [0, 0.1) is 11.8 Å². The molecule has 0 saturated carbocycles. The molecule has 0 saturated heterocycles. The number of nitrogen functional groups attached to an aromatic ring is 1. The van der Waals surface area contributed by atoms with Crippen LogP contribution in [0.1, 0.15) is 51.1 Å². The number of methoxy groups -OCH3 is 2. The van der Waals surface area contributed by atoms with Crippen LogP contribution in [-0.4, -0.2) is 52.8 Å². The van der Waals surface area contributed by atoms with Crippen LogP contribution in [-0.2, 0) is 19.2 Å². The van der Waals surface area contributed by atoms with Crippen LogP contribution in [0.4, 0.5) is 11.5 Å². The highest BCUT2D eigenvalue weighted by molar-refractivity contribution is 7.99. The second-order valence-electron chi connectivity index (χ2n) is 8.64. The molecule has 40 heavy (non-hydrogen) atoms. The fourth-order valence-electron chi connectivity index (χ4n) is 3.42. The Bertz CT molecular complexity index is 1600. The van der Waals surface area contributed by atoms with Crippen molar-refractivity contribution < 1.29 is 28.1 Å². The van der Waals surface area contributed by atoms with Gasteiger partial charge in [0.05, 0.1) is 25.3 Å². The molecule has 0 fully saturated rings. The van der Waals surface area contributed by atoms with Crippen molar-refractivity contribution >= 4 is 44.4 Å². The number of carbonyl (C=O) groups excluding carboxylic acids is 3. The fraction of sp³-hybridized carbons (Fsp3) is 0.207. The molecule has 0 radical (unpaired) electrons. The molecule has 10 nitrogen and oxygen atoms in total. The second-order valence-corrected chi connectivity index (χ2v) is 11.0. The van der Waals surface area contributed by atoms with Crippen LogP contribution in [0.15, 0.2) is 60.8 Å². The van der Waals surface area contributed by atoms with Gasteiger partial charge in [0, 0.05) is 45.4 Å². The van der Waals surface area contributed by atoms with E-state index in [1.165, 1.54) is 38.1 Å². The van der Waals surface area contributed by atoms with Crippen LogP contribution in [0.5, 0.6) is 5.75 Å². The maximum atomic E-state index is 12.8. The number of pyridine rings is 1. The van der Waals surface area contributed by atoms with E-state index < -0.39 is 15.6 Å². The molecule has 0 bridgehead atoms. The second kappa shape index (κ2) is 13.8. The summed E-state index contributed by atoms with van der Waals surface area (Å²) in [6.07, 6.45) is 3.67. The smallest absolute Gasteiger partial charge is 0.305 e. The number of amides is 2. The van der Waals surface area contributed by atoms with Gasteiger partial charge in [-0.25, -0.2) is 9.19 Å². The summed E-state index contributed by atoms with van der Waals surface area (Å²) in [7, 11) is 0.0175. The average molecular weight is 563 g/mol. The van der Waals surface area contributed by atoms with E-state index in [4.69, 9.17) is 10.5 Å². The van der Waals surface area contributed by atoms with Crippen molar-refractivity contribution in [3.63, 3.8) is 0 Å². The van der Waals surface area contributed by atoms with Gasteiger partial charge in [0.15, 0.2) is 0 Å². The number of esters is 1. The molecule has 0 aliphatic carbocycles.